The van der Waals surface area contributed by atoms with Gasteiger partial charge < -0.3 is 19.3 Å². The Labute approximate surface area is 280 Å². The molecule has 0 saturated heterocycles. The normalized spacial score (nSPS) is 13.0. The Hall–Kier alpha value is -1.99. The van der Waals surface area contributed by atoms with Crippen molar-refractivity contribution < 1.29 is 37.9 Å². The molecule has 0 aromatic carbocycles. The molecular formula is C37H65O8P. The van der Waals surface area contributed by atoms with Crippen LogP contribution in [0.4, 0.5) is 0 Å². The van der Waals surface area contributed by atoms with Crippen molar-refractivity contribution in [3.63, 3.8) is 0 Å². The molecule has 0 unspecified atom stereocenters. The van der Waals surface area contributed by atoms with E-state index in [1.165, 1.54) is 38.5 Å². The molecule has 0 aromatic heterocycles. The molecule has 0 amide bonds. The van der Waals surface area contributed by atoms with Gasteiger partial charge in [-0.1, -0.05) is 120 Å². The molecule has 0 aliphatic rings. The van der Waals surface area contributed by atoms with Crippen molar-refractivity contribution in [1.29, 1.82) is 0 Å². The highest BCUT2D eigenvalue weighted by molar-refractivity contribution is 7.46. The van der Waals surface area contributed by atoms with Gasteiger partial charge in [-0.15, -0.1) is 0 Å². The Balaban J connectivity index is 4.05. The second-order valence-electron chi connectivity index (χ2n) is 11.8. The summed E-state index contributed by atoms with van der Waals surface area (Å²) in [7, 11) is -4.76. The summed E-state index contributed by atoms with van der Waals surface area (Å²) < 4.78 is 26.2. The molecule has 0 aliphatic heterocycles. The molecule has 0 fully saturated rings. The highest BCUT2D eigenvalue weighted by Gasteiger charge is 2.22. The Kier molecular flexibility index (Phi) is 31.5. The lowest BCUT2D eigenvalue weighted by molar-refractivity contribution is -0.161. The van der Waals surface area contributed by atoms with Gasteiger partial charge >= 0.3 is 19.8 Å². The highest BCUT2D eigenvalue weighted by Crippen LogP contribution is 2.35. The molecule has 2 N–H and O–H groups in total. The van der Waals surface area contributed by atoms with Crippen LogP contribution in [0, 0.1) is 0 Å². The van der Waals surface area contributed by atoms with Gasteiger partial charge in [0.05, 0.1) is 6.61 Å². The molecule has 266 valence electrons. The number of rotatable bonds is 32. The minimum Gasteiger partial charge on any atom is -0.462 e. The number of unbranched alkanes of at least 4 members (excludes halogenated alkanes) is 14. The average molecular weight is 669 g/mol. The Morgan fingerprint density at radius 2 is 1.04 bits per heavy atom. The largest absolute Gasteiger partial charge is 0.469 e. The van der Waals surface area contributed by atoms with Gasteiger partial charge in [0, 0.05) is 12.8 Å². The predicted molar refractivity (Wildman–Crippen MR) is 188 cm³/mol. The van der Waals surface area contributed by atoms with Crippen LogP contribution >= 0.6 is 7.82 Å². The van der Waals surface area contributed by atoms with E-state index in [0.717, 1.165) is 77.0 Å². The summed E-state index contributed by atoms with van der Waals surface area (Å²) >= 11 is 0. The Bertz CT molecular complexity index is 890. The minimum absolute atomic E-state index is 0.188. The summed E-state index contributed by atoms with van der Waals surface area (Å²) in [6.07, 6.45) is 38.3. The van der Waals surface area contributed by atoms with E-state index in [2.05, 4.69) is 67.0 Å². The van der Waals surface area contributed by atoms with Crippen LogP contribution in [-0.4, -0.2) is 41.0 Å². The standard InChI is InChI=1S/C37H65O8P/c1-3-5-7-9-11-13-15-17-18-20-22-24-26-28-30-32-37(39)45-35(34-44-46(40,41)42)33-43-36(38)31-29-27-25-23-21-19-16-14-12-10-8-6-4-2/h5,7,11,13,17-19,21,35H,3-4,6,8-10,12,14-16,20,22-34H2,1-2H3,(H2,40,41,42)/b7-5+,13-11+,18-17+,21-19+/t35-/m1/s1. The van der Waals surface area contributed by atoms with Gasteiger partial charge in [-0.25, -0.2) is 4.57 Å². The molecule has 0 heterocycles. The van der Waals surface area contributed by atoms with Gasteiger partial charge in [0.25, 0.3) is 0 Å². The number of phosphoric acid groups is 1. The summed E-state index contributed by atoms with van der Waals surface area (Å²) in [5.74, 6) is -0.928. The lowest BCUT2D eigenvalue weighted by Crippen LogP contribution is -2.29. The van der Waals surface area contributed by atoms with E-state index >= 15 is 0 Å². The maximum atomic E-state index is 12.3. The van der Waals surface area contributed by atoms with E-state index in [-0.39, 0.29) is 19.4 Å². The summed E-state index contributed by atoms with van der Waals surface area (Å²) in [5.41, 5.74) is 0. The number of carbonyl (C=O) groups excluding carboxylic acids is 2. The van der Waals surface area contributed by atoms with Crippen LogP contribution in [0.5, 0.6) is 0 Å². The number of hydrogen-bond donors (Lipinski definition) is 2. The van der Waals surface area contributed by atoms with Gasteiger partial charge in [-0.05, 0) is 70.6 Å². The van der Waals surface area contributed by atoms with Crippen LogP contribution in [-0.2, 0) is 28.2 Å². The van der Waals surface area contributed by atoms with Crippen LogP contribution in [0.15, 0.2) is 48.6 Å². The second kappa shape index (κ2) is 32.9. The first-order chi connectivity index (χ1) is 22.3. The summed E-state index contributed by atoms with van der Waals surface area (Å²) in [5, 5.41) is 0. The maximum Gasteiger partial charge on any atom is 0.469 e. The van der Waals surface area contributed by atoms with Crippen molar-refractivity contribution in [3.05, 3.63) is 48.6 Å². The Morgan fingerprint density at radius 1 is 0.587 bits per heavy atom. The van der Waals surface area contributed by atoms with Crippen molar-refractivity contribution in [3.8, 4) is 0 Å². The number of allylic oxidation sites excluding steroid dienone is 8. The van der Waals surface area contributed by atoms with Crippen LogP contribution in [0.3, 0.4) is 0 Å². The third kappa shape index (κ3) is 34.9. The average Bonchev–Trinajstić information content (AvgIpc) is 3.02. The Morgan fingerprint density at radius 3 is 1.61 bits per heavy atom. The molecule has 0 radical (unpaired) electrons. The summed E-state index contributed by atoms with van der Waals surface area (Å²) in [6, 6.07) is 0. The third-order valence-electron chi connectivity index (χ3n) is 7.33. The van der Waals surface area contributed by atoms with Crippen LogP contribution in [0.2, 0.25) is 0 Å². The van der Waals surface area contributed by atoms with E-state index in [1.807, 2.05) is 0 Å². The van der Waals surface area contributed by atoms with Crippen molar-refractivity contribution in [2.24, 2.45) is 0 Å². The molecule has 0 rings (SSSR count). The number of ether oxygens (including phenoxy) is 2. The van der Waals surface area contributed by atoms with Crippen LogP contribution in [0.25, 0.3) is 0 Å². The van der Waals surface area contributed by atoms with E-state index in [4.69, 9.17) is 19.3 Å². The highest BCUT2D eigenvalue weighted by atomic mass is 31.2. The van der Waals surface area contributed by atoms with Gasteiger partial charge in [0.1, 0.15) is 6.61 Å². The third-order valence-corrected chi connectivity index (χ3v) is 7.82. The zero-order valence-corrected chi connectivity index (χ0v) is 29.9. The molecular weight excluding hydrogens is 603 g/mol. The van der Waals surface area contributed by atoms with Crippen molar-refractivity contribution in [1.82, 2.24) is 0 Å². The van der Waals surface area contributed by atoms with Crippen LogP contribution < -0.4 is 0 Å². The molecule has 46 heavy (non-hydrogen) atoms. The van der Waals surface area contributed by atoms with Crippen molar-refractivity contribution in [2.75, 3.05) is 13.2 Å². The smallest absolute Gasteiger partial charge is 0.462 e. The summed E-state index contributed by atoms with van der Waals surface area (Å²) in [6.45, 7) is 3.51. The van der Waals surface area contributed by atoms with Gasteiger partial charge in [0.15, 0.2) is 6.10 Å². The SMILES string of the molecule is CC/C=C/C/C=C/C/C=C/CCCCCCCC(=O)O[C@H](COC(=O)CCCCC/C=C/CCCCCCCC)COP(=O)(O)O. The number of carbonyl (C=O) groups is 2. The zero-order valence-electron chi connectivity index (χ0n) is 29.0. The second-order valence-corrected chi connectivity index (χ2v) is 13.0. The maximum absolute atomic E-state index is 12.3. The topological polar surface area (TPSA) is 119 Å². The van der Waals surface area contributed by atoms with E-state index in [0.29, 0.717) is 12.8 Å². The fourth-order valence-electron chi connectivity index (χ4n) is 4.67. The molecule has 9 heteroatoms. The quantitative estimate of drug-likeness (QED) is 0.0315. The fraction of sp³-hybridized carbons (Fsp3) is 0.730. The minimum atomic E-state index is -4.76. The first-order valence-electron chi connectivity index (χ1n) is 17.9. The lowest BCUT2D eigenvalue weighted by atomic mass is 10.1. The molecule has 8 nitrogen and oxygen atoms in total. The lowest BCUT2D eigenvalue weighted by Gasteiger charge is -2.18. The van der Waals surface area contributed by atoms with E-state index in [9.17, 15) is 14.2 Å². The fourth-order valence-corrected chi connectivity index (χ4v) is 5.03. The van der Waals surface area contributed by atoms with Gasteiger partial charge in [-0.3, -0.25) is 14.1 Å². The van der Waals surface area contributed by atoms with E-state index < -0.39 is 32.5 Å². The number of phosphoric ester groups is 1. The number of esters is 2. The van der Waals surface area contributed by atoms with Gasteiger partial charge in [0.2, 0.25) is 0 Å². The molecule has 0 aromatic rings. The van der Waals surface area contributed by atoms with Crippen molar-refractivity contribution in [2.45, 2.75) is 161 Å². The predicted octanol–water partition coefficient (Wildman–Crippen LogP) is 10.4. The first-order valence-corrected chi connectivity index (χ1v) is 19.5. The molecule has 1 atom stereocenters. The first kappa shape index (κ1) is 44.0. The monoisotopic (exact) mass is 668 g/mol. The van der Waals surface area contributed by atoms with E-state index in [1.54, 1.807) is 0 Å². The van der Waals surface area contributed by atoms with Gasteiger partial charge in [-0.2, -0.15) is 0 Å². The number of hydrogen-bond acceptors (Lipinski definition) is 6. The molecule has 0 spiro atoms. The molecule has 0 bridgehead atoms. The van der Waals surface area contributed by atoms with Crippen LogP contribution in [0.1, 0.15) is 155 Å². The molecule has 0 aliphatic carbocycles. The van der Waals surface area contributed by atoms with Crippen molar-refractivity contribution >= 4 is 19.8 Å². The summed E-state index contributed by atoms with van der Waals surface area (Å²) in [4.78, 5) is 42.6. The molecule has 0 saturated carbocycles. The zero-order chi connectivity index (χ0) is 34.0.